The molecule has 1 aliphatic carbocycles. The molecule has 0 spiro atoms. The van der Waals surface area contributed by atoms with E-state index in [4.69, 9.17) is 4.43 Å². The first kappa shape index (κ1) is 22.0. The maximum Gasteiger partial charge on any atom is 0.192 e. The third kappa shape index (κ3) is 5.44. The average Bonchev–Trinajstić information content (AvgIpc) is 2.71. The van der Waals surface area contributed by atoms with E-state index in [0.717, 1.165) is 36.8 Å². The summed E-state index contributed by atoms with van der Waals surface area (Å²) in [7, 11) is -1.48. The predicted octanol–water partition coefficient (Wildman–Crippen LogP) is 7.82. The van der Waals surface area contributed by atoms with Crippen LogP contribution in [0, 0.1) is 23.5 Å². The second kappa shape index (κ2) is 10.3. The fourth-order valence-electron chi connectivity index (χ4n) is 5.80. The molecule has 2 fully saturated rings. The average molecular weight is 409 g/mol. The molecule has 0 bridgehead atoms. The Kier molecular flexibility index (Phi) is 8.10. The van der Waals surface area contributed by atoms with Gasteiger partial charge < -0.3 is 4.43 Å². The highest BCUT2D eigenvalue weighted by atomic mass is 28.4. The van der Waals surface area contributed by atoms with E-state index in [1.165, 1.54) is 75.2 Å². The molecule has 1 aliphatic heterocycles. The van der Waals surface area contributed by atoms with Gasteiger partial charge in [0.15, 0.2) is 20.0 Å². The molecule has 0 unspecified atom stereocenters. The van der Waals surface area contributed by atoms with Crippen molar-refractivity contribution in [3.8, 4) is 0 Å². The van der Waals surface area contributed by atoms with Gasteiger partial charge in [-0.25, -0.2) is 8.78 Å². The van der Waals surface area contributed by atoms with Crippen LogP contribution in [0.1, 0.15) is 83.1 Å². The summed E-state index contributed by atoms with van der Waals surface area (Å²) in [4.78, 5) is 0. The summed E-state index contributed by atoms with van der Waals surface area (Å²) >= 11 is 0. The van der Waals surface area contributed by atoms with Crippen LogP contribution < -0.4 is 0 Å². The zero-order valence-corrected chi connectivity index (χ0v) is 18.8. The first-order chi connectivity index (χ1) is 13.6. The zero-order chi connectivity index (χ0) is 20.0. The summed E-state index contributed by atoms with van der Waals surface area (Å²) in [6.45, 7) is 5.34. The summed E-state index contributed by atoms with van der Waals surface area (Å²) < 4.78 is 33.2. The molecule has 0 aromatic heterocycles. The Morgan fingerprint density at radius 3 is 2.18 bits per heavy atom. The molecule has 28 heavy (non-hydrogen) atoms. The number of rotatable bonds is 8. The molecule has 1 aromatic rings. The molecule has 1 saturated heterocycles. The molecule has 3 rings (SSSR count). The summed E-state index contributed by atoms with van der Waals surface area (Å²) in [6, 6.07) is 8.57. The standard InChI is InChI=1S/C24H38F2OSi/c1-3-5-6-15-28(27-4-2)16-13-21(14-17-28)19-7-9-20(10-8-19)22-11-12-23(25)24(26)18-22/h11-12,18-21H,3-10,13-17H2,1-2H3/t19?,20?,21-,28+. The highest BCUT2D eigenvalue weighted by Gasteiger charge is 2.41. The van der Waals surface area contributed by atoms with Gasteiger partial charge in [0.25, 0.3) is 0 Å². The topological polar surface area (TPSA) is 9.23 Å². The van der Waals surface area contributed by atoms with Gasteiger partial charge in [-0.05, 0) is 86.2 Å². The van der Waals surface area contributed by atoms with Crippen LogP contribution in [0.4, 0.5) is 8.78 Å². The van der Waals surface area contributed by atoms with Crippen LogP contribution in [0.15, 0.2) is 18.2 Å². The van der Waals surface area contributed by atoms with Crippen molar-refractivity contribution >= 4 is 8.32 Å². The second-order valence-electron chi connectivity index (χ2n) is 9.20. The van der Waals surface area contributed by atoms with Gasteiger partial charge >= 0.3 is 0 Å². The van der Waals surface area contributed by atoms with Gasteiger partial charge in [-0.1, -0.05) is 45.1 Å². The lowest BCUT2D eigenvalue weighted by atomic mass is 9.72. The van der Waals surface area contributed by atoms with Gasteiger partial charge in [0.2, 0.25) is 0 Å². The molecule has 0 atom stereocenters. The maximum atomic E-state index is 13.6. The van der Waals surface area contributed by atoms with Crippen molar-refractivity contribution in [2.24, 2.45) is 11.8 Å². The Hall–Kier alpha value is -0.743. The minimum absolute atomic E-state index is 0.404. The van der Waals surface area contributed by atoms with E-state index < -0.39 is 20.0 Å². The van der Waals surface area contributed by atoms with Crippen molar-refractivity contribution in [1.29, 1.82) is 0 Å². The Labute approximate surface area is 171 Å². The molecular weight excluding hydrogens is 370 g/mol. The van der Waals surface area contributed by atoms with E-state index >= 15 is 0 Å². The van der Waals surface area contributed by atoms with Crippen LogP contribution in [-0.2, 0) is 4.43 Å². The van der Waals surface area contributed by atoms with Crippen LogP contribution in [0.2, 0.25) is 18.1 Å². The van der Waals surface area contributed by atoms with Crippen molar-refractivity contribution in [2.45, 2.75) is 95.7 Å². The highest BCUT2D eigenvalue weighted by Crippen LogP contribution is 2.46. The van der Waals surface area contributed by atoms with Gasteiger partial charge in [-0.3, -0.25) is 0 Å². The highest BCUT2D eigenvalue weighted by molar-refractivity contribution is 6.74. The van der Waals surface area contributed by atoms with Crippen molar-refractivity contribution < 1.29 is 13.2 Å². The van der Waals surface area contributed by atoms with E-state index in [9.17, 15) is 8.78 Å². The van der Waals surface area contributed by atoms with E-state index in [0.29, 0.717) is 5.92 Å². The van der Waals surface area contributed by atoms with Crippen molar-refractivity contribution in [2.75, 3.05) is 6.61 Å². The number of unbranched alkanes of at least 4 members (excludes halogenated alkanes) is 2. The lowest BCUT2D eigenvalue weighted by molar-refractivity contribution is 0.202. The second-order valence-corrected chi connectivity index (χ2v) is 13.4. The minimum Gasteiger partial charge on any atom is -0.417 e. The molecule has 1 nitrogen and oxygen atoms in total. The Bertz CT molecular complexity index is 605. The largest absolute Gasteiger partial charge is 0.417 e. The maximum absolute atomic E-state index is 13.6. The number of hydrogen-bond donors (Lipinski definition) is 0. The quantitative estimate of drug-likeness (QED) is 0.315. The molecule has 0 amide bonds. The normalized spacial score (nSPS) is 31.1. The Morgan fingerprint density at radius 1 is 0.893 bits per heavy atom. The Morgan fingerprint density at radius 2 is 1.57 bits per heavy atom. The van der Waals surface area contributed by atoms with Gasteiger partial charge in [0.05, 0.1) is 0 Å². The molecular formula is C24H38F2OSi. The summed E-state index contributed by atoms with van der Waals surface area (Å²) in [5, 5.41) is 0. The fraction of sp³-hybridized carbons (Fsp3) is 0.750. The zero-order valence-electron chi connectivity index (χ0n) is 17.8. The number of halogens is 2. The van der Waals surface area contributed by atoms with Crippen LogP contribution in [0.3, 0.4) is 0 Å². The van der Waals surface area contributed by atoms with Gasteiger partial charge in [-0.15, -0.1) is 0 Å². The number of benzene rings is 1. The van der Waals surface area contributed by atoms with Crippen LogP contribution in [0.25, 0.3) is 0 Å². The van der Waals surface area contributed by atoms with Gasteiger partial charge in [0.1, 0.15) is 0 Å². The summed E-state index contributed by atoms with van der Waals surface area (Å²) in [5.41, 5.74) is 0.986. The molecule has 1 aromatic carbocycles. The van der Waals surface area contributed by atoms with Crippen LogP contribution in [0.5, 0.6) is 0 Å². The molecule has 1 saturated carbocycles. The molecule has 2 aliphatic rings. The van der Waals surface area contributed by atoms with Crippen molar-refractivity contribution in [3.63, 3.8) is 0 Å². The molecule has 1 heterocycles. The molecule has 4 heteroatoms. The SMILES string of the molecule is CCCCC[Si@]1(OCC)CC[C@@H](C2CCC(c3ccc(F)c(F)c3)CC2)CC1. The lowest BCUT2D eigenvalue weighted by Gasteiger charge is -2.42. The third-order valence-electron chi connectivity index (χ3n) is 7.48. The van der Waals surface area contributed by atoms with E-state index in [-0.39, 0.29) is 0 Å². The lowest BCUT2D eigenvalue weighted by Crippen LogP contribution is -2.43. The van der Waals surface area contributed by atoms with Crippen LogP contribution >= 0.6 is 0 Å². The first-order valence-corrected chi connectivity index (χ1v) is 14.2. The van der Waals surface area contributed by atoms with Crippen LogP contribution in [-0.4, -0.2) is 14.9 Å². The molecule has 0 radical (unpaired) electrons. The Balaban J connectivity index is 1.49. The predicted molar refractivity (Wildman–Crippen MR) is 115 cm³/mol. The first-order valence-electron chi connectivity index (χ1n) is 11.7. The third-order valence-corrected chi connectivity index (χ3v) is 12.0. The minimum atomic E-state index is -1.48. The monoisotopic (exact) mass is 408 g/mol. The number of hydrogen-bond acceptors (Lipinski definition) is 1. The molecule has 158 valence electrons. The van der Waals surface area contributed by atoms with Crippen molar-refractivity contribution in [3.05, 3.63) is 35.4 Å². The molecule has 0 N–H and O–H groups in total. The van der Waals surface area contributed by atoms with Gasteiger partial charge in [0, 0.05) is 6.61 Å². The smallest absolute Gasteiger partial charge is 0.192 e. The van der Waals surface area contributed by atoms with Crippen molar-refractivity contribution in [1.82, 2.24) is 0 Å². The van der Waals surface area contributed by atoms with E-state index in [1.807, 2.05) is 0 Å². The summed E-state index contributed by atoms with van der Waals surface area (Å²) in [5.74, 6) is 0.651. The van der Waals surface area contributed by atoms with E-state index in [2.05, 4.69) is 13.8 Å². The van der Waals surface area contributed by atoms with E-state index in [1.54, 1.807) is 6.07 Å². The van der Waals surface area contributed by atoms with Gasteiger partial charge in [-0.2, -0.15) is 0 Å². The summed E-state index contributed by atoms with van der Waals surface area (Å²) in [6.07, 6.45) is 11.4. The fourth-order valence-corrected chi connectivity index (χ4v) is 10.3.